The van der Waals surface area contributed by atoms with Crippen molar-refractivity contribution in [2.24, 2.45) is 0 Å². The van der Waals surface area contributed by atoms with Crippen molar-refractivity contribution in [2.75, 3.05) is 14.2 Å². The van der Waals surface area contributed by atoms with E-state index < -0.39 is 18.1 Å². The third-order valence-corrected chi connectivity index (χ3v) is 2.04. The highest BCUT2D eigenvalue weighted by molar-refractivity contribution is 5.94. The molecule has 0 aliphatic carbocycles. The summed E-state index contributed by atoms with van der Waals surface area (Å²) in [5, 5.41) is 0. The van der Waals surface area contributed by atoms with Crippen LogP contribution in [0.15, 0.2) is 6.20 Å². The minimum atomic E-state index is -2.86. The standard InChI is InChI=1S/C10H11F2NO3/c1-5-4-13-7(9(11)12)6(8(5)15-2)10(14)16-3/h4,9H,1-3H3. The Kier molecular flexibility index (Phi) is 3.76. The number of aryl methyl sites for hydroxylation is 1. The van der Waals surface area contributed by atoms with Crippen LogP contribution in [-0.4, -0.2) is 25.2 Å². The number of hydrogen-bond acceptors (Lipinski definition) is 4. The van der Waals surface area contributed by atoms with Crippen molar-refractivity contribution in [3.63, 3.8) is 0 Å². The monoisotopic (exact) mass is 231 g/mol. The Labute approximate surface area is 91.2 Å². The van der Waals surface area contributed by atoms with Gasteiger partial charge in [0, 0.05) is 11.8 Å². The number of halogens is 2. The largest absolute Gasteiger partial charge is 0.495 e. The van der Waals surface area contributed by atoms with Crippen LogP contribution < -0.4 is 4.74 Å². The van der Waals surface area contributed by atoms with Crippen LogP contribution in [0.25, 0.3) is 0 Å². The first-order valence-electron chi connectivity index (χ1n) is 4.42. The van der Waals surface area contributed by atoms with Crippen molar-refractivity contribution >= 4 is 5.97 Å². The van der Waals surface area contributed by atoms with Gasteiger partial charge in [0.1, 0.15) is 17.0 Å². The average molecular weight is 231 g/mol. The number of ether oxygens (including phenoxy) is 2. The molecule has 0 N–H and O–H groups in total. The van der Waals surface area contributed by atoms with E-state index in [9.17, 15) is 13.6 Å². The molecule has 0 aromatic carbocycles. The number of rotatable bonds is 3. The van der Waals surface area contributed by atoms with Crippen LogP contribution in [0.4, 0.5) is 8.78 Å². The molecule has 0 unspecified atom stereocenters. The van der Waals surface area contributed by atoms with E-state index >= 15 is 0 Å². The summed E-state index contributed by atoms with van der Waals surface area (Å²) in [6, 6.07) is 0. The molecular weight excluding hydrogens is 220 g/mol. The van der Waals surface area contributed by atoms with Crippen molar-refractivity contribution in [3.8, 4) is 5.75 Å². The number of pyridine rings is 1. The molecule has 1 heterocycles. The highest BCUT2D eigenvalue weighted by atomic mass is 19.3. The van der Waals surface area contributed by atoms with E-state index in [0.717, 1.165) is 7.11 Å². The Morgan fingerprint density at radius 1 is 1.44 bits per heavy atom. The van der Waals surface area contributed by atoms with Crippen LogP contribution >= 0.6 is 0 Å². The van der Waals surface area contributed by atoms with Gasteiger partial charge < -0.3 is 9.47 Å². The molecule has 0 aliphatic heterocycles. The fourth-order valence-electron chi connectivity index (χ4n) is 1.33. The predicted octanol–water partition coefficient (Wildman–Crippen LogP) is 2.12. The predicted molar refractivity (Wildman–Crippen MR) is 51.8 cm³/mol. The molecule has 4 nitrogen and oxygen atoms in total. The molecular formula is C10H11F2NO3. The molecule has 0 amide bonds. The molecule has 16 heavy (non-hydrogen) atoms. The van der Waals surface area contributed by atoms with E-state index in [1.807, 2.05) is 0 Å². The van der Waals surface area contributed by atoms with Gasteiger partial charge in [-0.15, -0.1) is 0 Å². The molecule has 1 aromatic heterocycles. The summed E-state index contributed by atoms with van der Waals surface area (Å²) >= 11 is 0. The van der Waals surface area contributed by atoms with Gasteiger partial charge in [-0.05, 0) is 6.92 Å². The lowest BCUT2D eigenvalue weighted by molar-refractivity contribution is 0.0582. The Morgan fingerprint density at radius 2 is 2.06 bits per heavy atom. The molecule has 1 aromatic rings. The number of alkyl halides is 2. The lowest BCUT2D eigenvalue weighted by atomic mass is 10.1. The van der Waals surface area contributed by atoms with Crippen molar-refractivity contribution in [1.82, 2.24) is 4.98 Å². The zero-order chi connectivity index (χ0) is 12.3. The summed E-state index contributed by atoms with van der Waals surface area (Å²) in [7, 11) is 2.41. The topological polar surface area (TPSA) is 48.4 Å². The van der Waals surface area contributed by atoms with Crippen LogP contribution in [0, 0.1) is 6.92 Å². The van der Waals surface area contributed by atoms with Gasteiger partial charge in [0.15, 0.2) is 0 Å². The van der Waals surface area contributed by atoms with Crippen molar-refractivity contribution < 1.29 is 23.0 Å². The number of methoxy groups -OCH3 is 2. The van der Waals surface area contributed by atoms with E-state index in [0.29, 0.717) is 5.56 Å². The SMILES string of the molecule is COC(=O)c1c(C(F)F)ncc(C)c1OC. The highest BCUT2D eigenvalue weighted by Gasteiger charge is 2.26. The van der Waals surface area contributed by atoms with Gasteiger partial charge in [-0.3, -0.25) is 4.98 Å². The number of carbonyl (C=O) groups is 1. The maximum absolute atomic E-state index is 12.6. The second-order valence-corrected chi connectivity index (χ2v) is 3.03. The number of carbonyl (C=O) groups excluding carboxylic acids is 1. The second-order valence-electron chi connectivity index (χ2n) is 3.03. The van der Waals surface area contributed by atoms with E-state index in [4.69, 9.17) is 4.74 Å². The maximum Gasteiger partial charge on any atom is 0.343 e. The van der Waals surface area contributed by atoms with Crippen LogP contribution in [0.3, 0.4) is 0 Å². The smallest absolute Gasteiger partial charge is 0.343 e. The molecule has 1 rings (SSSR count). The molecule has 88 valence electrons. The lowest BCUT2D eigenvalue weighted by Crippen LogP contribution is -2.11. The quantitative estimate of drug-likeness (QED) is 0.747. The molecule has 0 atom stereocenters. The molecule has 0 saturated carbocycles. The molecule has 0 saturated heterocycles. The molecule has 0 aliphatic rings. The first kappa shape index (κ1) is 12.4. The highest BCUT2D eigenvalue weighted by Crippen LogP contribution is 2.31. The zero-order valence-electron chi connectivity index (χ0n) is 9.08. The second kappa shape index (κ2) is 4.87. The first-order valence-corrected chi connectivity index (χ1v) is 4.42. The number of nitrogens with zero attached hydrogens (tertiary/aromatic N) is 1. The van der Waals surface area contributed by atoms with Gasteiger partial charge in [0.05, 0.1) is 14.2 Å². The van der Waals surface area contributed by atoms with Crippen LogP contribution in [0.2, 0.25) is 0 Å². The van der Waals surface area contributed by atoms with Crippen molar-refractivity contribution in [2.45, 2.75) is 13.3 Å². The Morgan fingerprint density at radius 3 is 2.50 bits per heavy atom. The molecule has 0 fully saturated rings. The Bertz CT molecular complexity index is 407. The number of esters is 1. The van der Waals surface area contributed by atoms with Crippen LogP contribution in [0.1, 0.15) is 28.0 Å². The van der Waals surface area contributed by atoms with Crippen LogP contribution in [-0.2, 0) is 4.74 Å². The lowest BCUT2D eigenvalue weighted by Gasteiger charge is -2.12. The third kappa shape index (κ3) is 2.10. The summed E-state index contributed by atoms with van der Waals surface area (Å²) in [6.07, 6.45) is -1.63. The molecule has 0 radical (unpaired) electrons. The van der Waals surface area contributed by atoms with Crippen LogP contribution in [0.5, 0.6) is 5.75 Å². The zero-order valence-corrected chi connectivity index (χ0v) is 9.08. The molecule has 6 heteroatoms. The van der Waals surface area contributed by atoms with Crippen molar-refractivity contribution in [3.05, 3.63) is 23.0 Å². The normalized spacial score (nSPS) is 10.4. The van der Waals surface area contributed by atoms with E-state index in [2.05, 4.69) is 9.72 Å². The number of hydrogen-bond donors (Lipinski definition) is 0. The molecule has 0 bridgehead atoms. The minimum absolute atomic E-state index is 0.0668. The fourth-order valence-corrected chi connectivity index (χ4v) is 1.33. The maximum atomic E-state index is 12.6. The van der Waals surface area contributed by atoms with E-state index in [1.54, 1.807) is 6.92 Å². The molecule has 0 spiro atoms. The van der Waals surface area contributed by atoms with Gasteiger partial charge in [0.2, 0.25) is 0 Å². The Hall–Kier alpha value is -1.72. The van der Waals surface area contributed by atoms with E-state index in [1.165, 1.54) is 13.3 Å². The van der Waals surface area contributed by atoms with Gasteiger partial charge in [-0.25, -0.2) is 13.6 Å². The Balaban J connectivity index is 3.47. The van der Waals surface area contributed by atoms with E-state index in [-0.39, 0.29) is 11.3 Å². The summed E-state index contributed by atoms with van der Waals surface area (Å²) in [5.41, 5.74) is -0.457. The third-order valence-electron chi connectivity index (χ3n) is 2.04. The summed E-state index contributed by atoms with van der Waals surface area (Å²) in [4.78, 5) is 14.9. The summed E-state index contributed by atoms with van der Waals surface area (Å²) in [6.45, 7) is 1.60. The summed E-state index contributed by atoms with van der Waals surface area (Å²) < 4.78 is 34.6. The van der Waals surface area contributed by atoms with Crippen molar-refractivity contribution in [1.29, 1.82) is 0 Å². The minimum Gasteiger partial charge on any atom is -0.495 e. The average Bonchev–Trinajstić information content (AvgIpc) is 2.27. The van der Waals surface area contributed by atoms with Gasteiger partial charge in [-0.1, -0.05) is 0 Å². The summed E-state index contributed by atoms with van der Waals surface area (Å²) in [5.74, 6) is -0.819. The number of aromatic nitrogens is 1. The fraction of sp³-hybridized carbons (Fsp3) is 0.400. The van der Waals surface area contributed by atoms with Gasteiger partial charge >= 0.3 is 5.97 Å². The first-order chi connectivity index (χ1) is 7.52. The van der Waals surface area contributed by atoms with Gasteiger partial charge in [0.25, 0.3) is 6.43 Å². The van der Waals surface area contributed by atoms with Gasteiger partial charge in [-0.2, -0.15) is 0 Å².